The number of carbonyl (C=O) groups excluding carboxylic acids is 1. The van der Waals surface area contributed by atoms with Crippen molar-refractivity contribution >= 4 is 6.03 Å². The van der Waals surface area contributed by atoms with Gasteiger partial charge in [0.25, 0.3) is 0 Å². The average molecular weight is 348 g/mol. The normalized spacial score (nSPS) is 33.3. The molecule has 2 fully saturated rings. The van der Waals surface area contributed by atoms with Crippen molar-refractivity contribution in [2.45, 2.75) is 44.2 Å². The molecule has 1 aromatic rings. The lowest BCUT2D eigenvalue weighted by Gasteiger charge is -2.31. The van der Waals surface area contributed by atoms with Gasteiger partial charge in [-0.25, -0.2) is 9.18 Å². The molecule has 0 spiro atoms. The summed E-state index contributed by atoms with van der Waals surface area (Å²) in [6.07, 6.45) is 4.84. The molecule has 4 rings (SSSR count). The molecule has 2 aliphatic carbocycles. The average Bonchev–Trinajstić information content (AvgIpc) is 3.13. The minimum atomic E-state index is -0.389. The molecular weight excluding hydrogens is 323 g/mol. The van der Waals surface area contributed by atoms with Crippen LogP contribution in [0.3, 0.4) is 0 Å². The molecule has 2 bridgehead atoms. The van der Waals surface area contributed by atoms with E-state index in [0.29, 0.717) is 30.4 Å². The Morgan fingerprint density at radius 1 is 1.24 bits per heavy atom. The highest BCUT2D eigenvalue weighted by Gasteiger charge is 2.47. The van der Waals surface area contributed by atoms with Gasteiger partial charge in [0.15, 0.2) is 11.6 Å². The minimum Gasteiger partial charge on any atom is -0.490 e. The van der Waals surface area contributed by atoms with E-state index in [1.54, 1.807) is 6.07 Å². The monoisotopic (exact) mass is 348 g/mol. The number of ether oxygens (including phenoxy) is 1. The number of aliphatic hydroxyl groups excluding tert-OH is 1. The van der Waals surface area contributed by atoms with Crippen LogP contribution >= 0.6 is 0 Å². The van der Waals surface area contributed by atoms with Crippen LogP contribution in [0.25, 0.3) is 0 Å². The minimum absolute atomic E-state index is 0.0396. The van der Waals surface area contributed by atoms with Gasteiger partial charge in [-0.05, 0) is 50.0 Å². The molecule has 5 atom stereocenters. The Morgan fingerprint density at radius 3 is 2.92 bits per heavy atom. The Hall–Kier alpha value is -1.82. The van der Waals surface area contributed by atoms with E-state index in [2.05, 4.69) is 10.6 Å². The molecule has 3 aliphatic rings. The molecule has 1 aliphatic heterocycles. The van der Waals surface area contributed by atoms with Gasteiger partial charge in [-0.3, -0.25) is 0 Å². The molecule has 0 radical (unpaired) electrons. The van der Waals surface area contributed by atoms with E-state index in [0.717, 1.165) is 25.7 Å². The Balaban J connectivity index is 1.45. The number of hydrogen-bond donors (Lipinski definition) is 3. The molecule has 5 nitrogen and oxygen atoms in total. The zero-order valence-electron chi connectivity index (χ0n) is 14.2. The first kappa shape index (κ1) is 16.6. The van der Waals surface area contributed by atoms with Crippen LogP contribution in [-0.2, 0) is 0 Å². The van der Waals surface area contributed by atoms with E-state index in [-0.39, 0.29) is 42.2 Å². The largest absolute Gasteiger partial charge is 0.490 e. The van der Waals surface area contributed by atoms with Crippen LogP contribution in [0.15, 0.2) is 18.2 Å². The Kier molecular flexibility index (Phi) is 4.54. The number of benzene rings is 1. The third-order valence-corrected chi connectivity index (χ3v) is 6.16. The van der Waals surface area contributed by atoms with Gasteiger partial charge >= 0.3 is 6.03 Å². The summed E-state index contributed by atoms with van der Waals surface area (Å²) >= 11 is 0. The number of halogens is 1. The predicted octanol–water partition coefficient (Wildman–Crippen LogP) is 2.75. The zero-order valence-corrected chi connectivity index (χ0v) is 14.2. The van der Waals surface area contributed by atoms with Crippen molar-refractivity contribution in [1.29, 1.82) is 0 Å². The molecule has 6 heteroatoms. The molecule has 0 aromatic heterocycles. The predicted molar refractivity (Wildman–Crippen MR) is 90.7 cm³/mol. The molecule has 2 amide bonds. The quantitative estimate of drug-likeness (QED) is 0.787. The summed E-state index contributed by atoms with van der Waals surface area (Å²) in [5, 5.41) is 15.7. The standard InChI is InChI=1S/C19H25FN2O3/c20-15-4-1-3-13-16(5-2-8-25-18(13)15)21-19(24)22-17-12-7-6-11(9-12)14(17)10-23/h1,3-4,11-12,14,16-17,23H,2,5-10H2,(H2,21,22,24). The molecule has 3 N–H and O–H groups in total. The highest BCUT2D eigenvalue weighted by atomic mass is 19.1. The molecule has 1 aromatic carbocycles. The highest BCUT2D eigenvalue weighted by Crippen LogP contribution is 2.48. The second kappa shape index (κ2) is 6.83. The van der Waals surface area contributed by atoms with E-state index in [9.17, 15) is 14.3 Å². The van der Waals surface area contributed by atoms with Crippen molar-refractivity contribution in [3.63, 3.8) is 0 Å². The third-order valence-electron chi connectivity index (χ3n) is 6.16. The van der Waals surface area contributed by atoms with Gasteiger partial charge in [-0.1, -0.05) is 12.1 Å². The summed E-state index contributed by atoms with van der Waals surface area (Å²) < 4.78 is 19.5. The highest BCUT2D eigenvalue weighted by molar-refractivity contribution is 5.75. The van der Waals surface area contributed by atoms with Gasteiger partial charge in [-0.2, -0.15) is 0 Å². The van der Waals surface area contributed by atoms with Crippen molar-refractivity contribution in [1.82, 2.24) is 10.6 Å². The summed E-state index contributed by atoms with van der Waals surface area (Å²) in [5.41, 5.74) is 0.694. The van der Waals surface area contributed by atoms with Gasteiger partial charge in [0.1, 0.15) is 0 Å². The molecule has 136 valence electrons. The van der Waals surface area contributed by atoms with Crippen LogP contribution in [0.4, 0.5) is 9.18 Å². The third kappa shape index (κ3) is 3.08. The second-order valence-electron chi connectivity index (χ2n) is 7.52. The van der Waals surface area contributed by atoms with Crippen molar-refractivity contribution < 1.29 is 19.0 Å². The number of amides is 2. The lowest BCUT2D eigenvalue weighted by atomic mass is 9.85. The maximum absolute atomic E-state index is 14.0. The van der Waals surface area contributed by atoms with Crippen LogP contribution < -0.4 is 15.4 Å². The first-order valence-electron chi connectivity index (χ1n) is 9.26. The number of aliphatic hydroxyl groups is 1. The second-order valence-corrected chi connectivity index (χ2v) is 7.52. The maximum atomic E-state index is 14.0. The lowest BCUT2D eigenvalue weighted by molar-refractivity contribution is 0.143. The molecular formula is C19H25FN2O3. The fourth-order valence-electron chi connectivity index (χ4n) is 4.97. The number of hydrogen-bond acceptors (Lipinski definition) is 3. The summed E-state index contributed by atoms with van der Waals surface area (Å²) in [4.78, 5) is 12.6. The van der Waals surface area contributed by atoms with Crippen molar-refractivity contribution in [2.75, 3.05) is 13.2 Å². The van der Waals surface area contributed by atoms with E-state index in [1.165, 1.54) is 6.07 Å². The Bertz CT molecular complexity index is 654. The van der Waals surface area contributed by atoms with Crippen LogP contribution in [-0.4, -0.2) is 30.4 Å². The van der Waals surface area contributed by atoms with Gasteiger partial charge < -0.3 is 20.5 Å². The van der Waals surface area contributed by atoms with Crippen LogP contribution in [0.2, 0.25) is 0 Å². The van der Waals surface area contributed by atoms with E-state index in [1.807, 2.05) is 6.07 Å². The molecule has 25 heavy (non-hydrogen) atoms. The molecule has 1 heterocycles. The van der Waals surface area contributed by atoms with E-state index in [4.69, 9.17) is 4.74 Å². The number of rotatable bonds is 3. The number of fused-ring (bicyclic) bond motifs is 3. The van der Waals surface area contributed by atoms with Gasteiger partial charge in [0.05, 0.1) is 12.6 Å². The smallest absolute Gasteiger partial charge is 0.315 e. The molecule has 0 saturated heterocycles. The van der Waals surface area contributed by atoms with Gasteiger partial charge in [-0.15, -0.1) is 0 Å². The zero-order chi connectivity index (χ0) is 17.4. The summed E-state index contributed by atoms with van der Waals surface area (Å²) in [7, 11) is 0. The fraction of sp³-hybridized carbons (Fsp3) is 0.632. The SMILES string of the molecule is O=C(NC1CCCOc2c(F)cccc21)NC1C2CCC(C2)C1CO. The maximum Gasteiger partial charge on any atom is 0.315 e. The summed E-state index contributed by atoms with van der Waals surface area (Å²) in [6, 6.07) is 4.37. The van der Waals surface area contributed by atoms with Crippen LogP contribution in [0.5, 0.6) is 5.75 Å². The first-order valence-corrected chi connectivity index (χ1v) is 9.26. The van der Waals surface area contributed by atoms with Gasteiger partial charge in [0, 0.05) is 24.1 Å². The summed E-state index contributed by atoms with van der Waals surface area (Å²) in [5.74, 6) is 1.02. The first-order chi connectivity index (χ1) is 12.2. The van der Waals surface area contributed by atoms with Crippen molar-refractivity contribution in [2.24, 2.45) is 17.8 Å². The number of nitrogens with one attached hydrogen (secondary N) is 2. The lowest BCUT2D eigenvalue weighted by Crippen LogP contribution is -2.49. The van der Waals surface area contributed by atoms with Crippen molar-refractivity contribution in [3.8, 4) is 5.75 Å². The Morgan fingerprint density at radius 2 is 2.08 bits per heavy atom. The fourth-order valence-corrected chi connectivity index (χ4v) is 4.97. The summed E-state index contributed by atoms with van der Waals surface area (Å²) in [6.45, 7) is 0.574. The van der Waals surface area contributed by atoms with Crippen molar-refractivity contribution in [3.05, 3.63) is 29.6 Å². The van der Waals surface area contributed by atoms with Gasteiger partial charge in [0.2, 0.25) is 0 Å². The Labute approximate surface area is 146 Å². The number of carbonyl (C=O) groups is 1. The molecule has 5 unspecified atom stereocenters. The molecule has 2 saturated carbocycles. The topological polar surface area (TPSA) is 70.6 Å². The van der Waals surface area contributed by atoms with E-state index >= 15 is 0 Å². The number of urea groups is 1. The van der Waals surface area contributed by atoms with Crippen LogP contribution in [0, 0.1) is 23.6 Å². The van der Waals surface area contributed by atoms with Crippen LogP contribution in [0.1, 0.15) is 43.7 Å². The number of para-hydroxylation sites is 1. The van der Waals surface area contributed by atoms with E-state index < -0.39 is 0 Å².